The van der Waals surface area contributed by atoms with E-state index in [-0.39, 0.29) is 11.2 Å². The molecule has 0 heterocycles. The van der Waals surface area contributed by atoms with Crippen LogP contribution in [0, 0.1) is 11.3 Å². The maximum Gasteiger partial charge on any atom is 0.207 e. The molecule has 0 aromatic carbocycles. The van der Waals surface area contributed by atoms with E-state index in [1.165, 1.54) is 0 Å². The highest BCUT2D eigenvalue weighted by atomic mass is 16.1. The maximum absolute atomic E-state index is 11.7. The molecule has 2 rings (SSSR count). The second kappa shape index (κ2) is 2.34. The first-order valence-corrected chi connectivity index (χ1v) is 4.79. The molecule has 0 saturated heterocycles. The zero-order valence-electron chi connectivity index (χ0n) is 8.09. The molecule has 13 heavy (non-hydrogen) atoms. The third kappa shape index (κ3) is 0.798. The number of rotatable bonds is 2. The summed E-state index contributed by atoms with van der Waals surface area (Å²) in [5.74, 6) is 0.688. The molecular formula is C10H15NO2. The van der Waals surface area contributed by atoms with E-state index in [1.54, 1.807) is 0 Å². The molecule has 3 nitrogen and oxygen atoms in total. The monoisotopic (exact) mass is 181 g/mol. The fourth-order valence-electron chi connectivity index (χ4n) is 3.12. The van der Waals surface area contributed by atoms with Crippen LogP contribution in [-0.2, 0) is 9.59 Å². The molecule has 2 aliphatic carbocycles. The highest BCUT2D eigenvalue weighted by molar-refractivity contribution is 5.95. The molecule has 2 aliphatic rings. The first kappa shape index (κ1) is 8.73. The number of hydrogen-bond acceptors (Lipinski definition) is 2. The number of Topliss-reactive ketones (excluding diaryl/α,β-unsaturated/α-hetero) is 1. The molecule has 3 heteroatoms. The van der Waals surface area contributed by atoms with Crippen LogP contribution in [0.25, 0.3) is 0 Å². The normalized spacial score (nSPS) is 40.8. The van der Waals surface area contributed by atoms with Crippen LogP contribution in [-0.4, -0.2) is 17.7 Å². The first-order valence-electron chi connectivity index (χ1n) is 4.79. The lowest BCUT2D eigenvalue weighted by Crippen LogP contribution is -2.55. The highest BCUT2D eigenvalue weighted by Crippen LogP contribution is 2.57. The zero-order valence-corrected chi connectivity index (χ0v) is 8.09. The average Bonchev–Trinajstić information content (AvgIpc) is 2.38. The van der Waals surface area contributed by atoms with Gasteiger partial charge in [-0.3, -0.25) is 9.59 Å². The number of carbonyl (C=O) groups excluding carboxylic acids is 2. The number of nitrogens with one attached hydrogen (secondary N) is 1. The molecule has 1 amide bonds. The summed E-state index contributed by atoms with van der Waals surface area (Å²) < 4.78 is 0. The van der Waals surface area contributed by atoms with Gasteiger partial charge < -0.3 is 5.32 Å². The summed E-state index contributed by atoms with van der Waals surface area (Å²) >= 11 is 0. The second-order valence-electron chi connectivity index (χ2n) is 4.75. The number of fused-ring (bicyclic) bond motifs is 2. The minimum Gasteiger partial charge on any atom is -0.346 e. The van der Waals surface area contributed by atoms with Crippen LogP contribution in [0.1, 0.15) is 33.1 Å². The zero-order chi connectivity index (χ0) is 9.69. The summed E-state index contributed by atoms with van der Waals surface area (Å²) in [6, 6.07) is 0. The SMILES string of the molecule is CC1(C)[C@H]2CC[C@]1(NC=O)C(=O)C2. The minimum absolute atomic E-state index is 0.0506. The Morgan fingerprint density at radius 2 is 2.23 bits per heavy atom. The topological polar surface area (TPSA) is 46.2 Å². The van der Waals surface area contributed by atoms with E-state index in [0.717, 1.165) is 12.8 Å². The molecule has 0 unspecified atom stereocenters. The molecule has 72 valence electrons. The van der Waals surface area contributed by atoms with Gasteiger partial charge in [-0.25, -0.2) is 0 Å². The second-order valence-corrected chi connectivity index (χ2v) is 4.75. The Labute approximate surface area is 77.9 Å². The van der Waals surface area contributed by atoms with Crippen LogP contribution >= 0.6 is 0 Å². The molecular weight excluding hydrogens is 166 g/mol. The first-order chi connectivity index (χ1) is 6.04. The lowest BCUT2D eigenvalue weighted by Gasteiger charge is -2.35. The van der Waals surface area contributed by atoms with Crippen molar-refractivity contribution in [2.45, 2.75) is 38.6 Å². The van der Waals surface area contributed by atoms with Gasteiger partial charge in [-0.05, 0) is 24.2 Å². The van der Waals surface area contributed by atoms with E-state index < -0.39 is 5.54 Å². The summed E-state index contributed by atoms with van der Waals surface area (Å²) in [7, 11) is 0. The average molecular weight is 181 g/mol. The van der Waals surface area contributed by atoms with E-state index in [2.05, 4.69) is 19.2 Å². The summed E-state index contributed by atoms with van der Waals surface area (Å²) in [6.07, 6.45) is 3.21. The van der Waals surface area contributed by atoms with Gasteiger partial charge in [0, 0.05) is 6.42 Å². The van der Waals surface area contributed by atoms with Gasteiger partial charge in [0.1, 0.15) is 5.54 Å². The third-order valence-corrected chi connectivity index (χ3v) is 4.20. The van der Waals surface area contributed by atoms with E-state index in [0.29, 0.717) is 18.7 Å². The largest absolute Gasteiger partial charge is 0.346 e. The van der Waals surface area contributed by atoms with E-state index in [4.69, 9.17) is 0 Å². The van der Waals surface area contributed by atoms with Crippen LogP contribution < -0.4 is 5.32 Å². The Hall–Kier alpha value is -0.860. The molecule has 0 aliphatic heterocycles. The summed E-state index contributed by atoms with van der Waals surface area (Å²) in [5, 5.41) is 2.76. The number of ketones is 1. The van der Waals surface area contributed by atoms with Gasteiger partial charge in [-0.2, -0.15) is 0 Å². The van der Waals surface area contributed by atoms with Crippen molar-refractivity contribution in [1.82, 2.24) is 5.32 Å². The van der Waals surface area contributed by atoms with E-state index in [9.17, 15) is 9.59 Å². The standard InChI is InChI=1S/C10H15NO2/c1-9(2)7-3-4-10(9,11-6-12)8(13)5-7/h6-7H,3-5H2,1-2H3,(H,11,12)/t7-,10-/m0/s1. The van der Waals surface area contributed by atoms with Gasteiger partial charge >= 0.3 is 0 Å². The summed E-state index contributed by atoms with van der Waals surface area (Å²) in [6.45, 7) is 4.18. The number of carbonyl (C=O) groups is 2. The summed E-state index contributed by atoms with van der Waals surface area (Å²) in [4.78, 5) is 22.3. The van der Waals surface area contributed by atoms with Crippen molar-refractivity contribution < 1.29 is 9.59 Å². The van der Waals surface area contributed by atoms with Crippen molar-refractivity contribution in [3.63, 3.8) is 0 Å². The van der Waals surface area contributed by atoms with Gasteiger partial charge in [0.15, 0.2) is 5.78 Å². The van der Waals surface area contributed by atoms with Gasteiger partial charge in [0.05, 0.1) is 0 Å². The Morgan fingerprint density at radius 1 is 1.54 bits per heavy atom. The van der Waals surface area contributed by atoms with Crippen LogP contribution in [0.2, 0.25) is 0 Å². The predicted octanol–water partition coefficient (Wildman–Crippen LogP) is 0.880. The molecule has 2 saturated carbocycles. The Balaban J connectivity index is 2.42. The Bertz CT molecular complexity index is 272. The van der Waals surface area contributed by atoms with Crippen LogP contribution in [0.5, 0.6) is 0 Å². The molecule has 0 radical (unpaired) electrons. The van der Waals surface area contributed by atoms with Crippen molar-refractivity contribution in [3.05, 3.63) is 0 Å². The van der Waals surface area contributed by atoms with Gasteiger partial charge in [-0.15, -0.1) is 0 Å². The van der Waals surface area contributed by atoms with Crippen LogP contribution in [0.3, 0.4) is 0 Å². The molecule has 0 spiro atoms. The number of amides is 1. The lowest BCUT2D eigenvalue weighted by atomic mass is 9.76. The van der Waals surface area contributed by atoms with Crippen molar-refractivity contribution in [3.8, 4) is 0 Å². The minimum atomic E-state index is -0.542. The fraction of sp³-hybridized carbons (Fsp3) is 0.800. The fourth-order valence-corrected chi connectivity index (χ4v) is 3.12. The van der Waals surface area contributed by atoms with Crippen molar-refractivity contribution in [1.29, 1.82) is 0 Å². The third-order valence-electron chi connectivity index (χ3n) is 4.20. The quantitative estimate of drug-likeness (QED) is 0.643. The Morgan fingerprint density at radius 3 is 2.62 bits per heavy atom. The molecule has 2 atom stereocenters. The Kier molecular flexibility index (Phi) is 1.57. The van der Waals surface area contributed by atoms with Crippen molar-refractivity contribution in [2.24, 2.45) is 11.3 Å². The number of hydrogen-bond donors (Lipinski definition) is 1. The van der Waals surface area contributed by atoms with Gasteiger partial charge in [0.2, 0.25) is 6.41 Å². The van der Waals surface area contributed by atoms with Crippen molar-refractivity contribution in [2.75, 3.05) is 0 Å². The highest BCUT2D eigenvalue weighted by Gasteiger charge is 2.64. The van der Waals surface area contributed by atoms with Crippen molar-refractivity contribution >= 4 is 12.2 Å². The van der Waals surface area contributed by atoms with E-state index >= 15 is 0 Å². The van der Waals surface area contributed by atoms with Gasteiger partial charge in [-0.1, -0.05) is 13.8 Å². The predicted molar refractivity (Wildman–Crippen MR) is 48.1 cm³/mol. The summed E-state index contributed by atoms with van der Waals surface area (Å²) in [5.41, 5.74) is -0.593. The molecule has 0 aromatic heterocycles. The lowest BCUT2D eigenvalue weighted by molar-refractivity contribution is -0.128. The molecule has 0 aromatic rings. The maximum atomic E-state index is 11.7. The van der Waals surface area contributed by atoms with Crippen LogP contribution in [0.4, 0.5) is 0 Å². The smallest absolute Gasteiger partial charge is 0.207 e. The molecule has 2 fully saturated rings. The van der Waals surface area contributed by atoms with E-state index in [1.807, 2.05) is 0 Å². The van der Waals surface area contributed by atoms with Gasteiger partial charge in [0.25, 0.3) is 0 Å². The molecule has 1 N–H and O–H groups in total. The molecule has 2 bridgehead atoms. The van der Waals surface area contributed by atoms with Crippen LogP contribution in [0.15, 0.2) is 0 Å².